The first kappa shape index (κ1) is 12.9. The second-order valence-electron chi connectivity index (χ2n) is 4.17. The lowest BCUT2D eigenvalue weighted by atomic mass is 9.99. The summed E-state index contributed by atoms with van der Waals surface area (Å²) >= 11 is 0. The fourth-order valence-corrected chi connectivity index (χ4v) is 2.07. The Morgan fingerprint density at radius 2 is 2.33 bits per heavy atom. The molecule has 2 rings (SSSR count). The first-order chi connectivity index (χ1) is 8.43. The van der Waals surface area contributed by atoms with E-state index in [1.165, 1.54) is 10.8 Å². The van der Waals surface area contributed by atoms with Crippen LogP contribution in [0.4, 0.5) is 13.2 Å². The van der Waals surface area contributed by atoms with E-state index in [-0.39, 0.29) is 31.7 Å². The monoisotopic (exact) mass is 262 g/mol. The molecule has 1 aromatic heterocycles. The largest absolute Gasteiger partial charge is 0.461 e. The number of hydrogen-bond donors (Lipinski definition) is 0. The molecule has 0 N–H and O–H groups in total. The molecule has 0 saturated heterocycles. The molecule has 18 heavy (non-hydrogen) atoms. The normalized spacial score (nSPS) is 19.4. The van der Waals surface area contributed by atoms with Gasteiger partial charge in [-0.15, -0.1) is 0 Å². The lowest BCUT2D eigenvalue weighted by molar-refractivity contribution is -0.182. The average molecular weight is 262 g/mol. The van der Waals surface area contributed by atoms with Gasteiger partial charge in [0.05, 0.1) is 18.7 Å². The minimum absolute atomic E-state index is 0.0166. The topological polar surface area (TPSA) is 44.1 Å². The number of aromatic nitrogens is 2. The summed E-state index contributed by atoms with van der Waals surface area (Å²) in [5.41, 5.74) is 0.0980. The van der Waals surface area contributed by atoms with Crippen LogP contribution in [0.15, 0.2) is 6.20 Å². The zero-order valence-corrected chi connectivity index (χ0v) is 9.83. The molecule has 100 valence electrons. The van der Waals surface area contributed by atoms with Crippen LogP contribution in [0.25, 0.3) is 0 Å². The predicted molar refractivity (Wildman–Crippen MR) is 56.0 cm³/mol. The fraction of sp³-hybridized carbons (Fsp3) is 0.636. The minimum Gasteiger partial charge on any atom is -0.461 e. The Kier molecular flexibility index (Phi) is 3.32. The van der Waals surface area contributed by atoms with Crippen molar-refractivity contribution in [2.75, 3.05) is 6.61 Å². The van der Waals surface area contributed by atoms with Crippen molar-refractivity contribution in [1.29, 1.82) is 0 Å². The minimum atomic E-state index is -4.24. The number of esters is 1. The number of carbonyl (C=O) groups excluding carboxylic acids is 1. The van der Waals surface area contributed by atoms with Crippen LogP contribution in [0.3, 0.4) is 0 Å². The lowest BCUT2D eigenvalue weighted by Gasteiger charge is -2.26. The van der Waals surface area contributed by atoms with Crippen LogP contribution in [0.2, 0.25) is 0 Å². The van der Waals surface area contributed by atoms with Crippen molar-refractivity contribution in [3.63, 3.8) is 0 Å². The van der Waals surface area contributed by atoms with Gasteiger partial charge in [-0.3, -0.25) is 0 Å². The second kappa shape index (κ2) is 4.62. The van der Waals surface area contributed by atoms with Gasteiger partial charge in [0.15, 0.2) is 0 Å². The van der Waals surface area contributed by atoms with Crippen LogP contribution < -0.4 is 0 Å². The van der Waals surface area contributed by atoms with Crippen LogP contribution in [0.5, 0.6) is 0 Å². The van der Waals surface area contributed by atoms with E-state index in [0.717, 1.165) is 0 Å². The van der Waals surface area contributed by atoms with Crippen molar-refractivity contribution >= 4 is 5.97 Å². The van der Waals surface area contributed by atoms with E-state index >= 15 is 0 Å². The maximum Gasteiger partial charge on any atom is 0.393 e. The molecular weight excluding hydrogens is 249 g/mol. The van der Waals surface area contributed by atoms with E-state index in [4.69, 9.17) is 4.74 Å². The quantitative estimate of drug-likeness (QED) is 0.767. The van der Waals surface area contributed by atoms with E-state index in [0.29, 0.717) is 5.82 Å². The molecule has 2 heterocycles. The third kappa shape index (κ3) is 2.34. The SMILES string of the molecule is CCOC(=O)c1cnc2n1CC(C(F)(F)F)CC2. The molecule has 0 aliphatic carbocycles. The zero-order valence-electron chi connectivity index (χ0n) is 9.83. The highest BCUT2D eigenvalue weighted by molar-refractivity contribution is 5.87. The summed E-state index contributed by atoms with van der Waals surface area (Å²) < 4.78 is 44.1. The lowest BCUT2D eigenvalue weighted by Crippen LogP contribution is -2.33. The van der Waals surface area contributed by atoms with Gasteiger partial charge in [-0.05, 0) is 13.3 Å². The van der Waals surface area contributed by atoms with Crippen molar-refractivity contribution < 1.29 is 22.7 Å². The predicted octanol–water partition coefficient (Wildman–Crippen LogP) is 2.18. The molecule has 0 saturated carbocycles. The van der Waals surface area contributed by atoms with Crippen molar-refractivity contribution in [1.82, 2.24) is 9.55 Å². The van der Waals surface area contributed by atoms with Crippen LogP contribution in [-0.4, -0.2) is 28.3 Å². The highest BCUT2D eigenvalue weighted by Gasteiger charge is 2.42. The van der Waals surface area contributed by atoms with E-state index in [2.05, 4.69) is 4.98 Å². The molecule has 1 aliphatic heterocycles. The number of ether oxygens (including phenoxy) is 1. The Morgan fingerprint density at radius 1 is 1.61 bits per heavy atom. The number of alkyl halides is 3. The Morgan fingerprint density at radius 3 is 2.94 bits per heavy atom. The third-order valence-electron chi connectivity index (χ3n) is 3.01. The van der Waals surface area contributed by atoms with Crippen LogP contribution in [0, 0.1) is 5.92 Å². The molecular formula is C11H13F3N2O2. The van der Waals surface area contributed by atoms with Crippen LogP contribution in [-0.2, 0) is 17.7 Å². The first-order valence-electron chi connectivity index (χ1n) is 5.71. The number of rotatable bonds is 2. The molecule has 0 spiro atoms. The van der Waals surface area contributed by atoms with Gasteiger partial charge in [0.25, 0.3) is 0 Å². The molecule has 0 bridgehead atoms. The maximum atomic E-state index is 12.7. The van der Waals surface area contributed by atoms with Gasteiger partial charge in [0.2, 0.25) is 0 Å². The summed E-state index contributed by atoms with van der Waals surface area (Å²) in [4.78, 5) is 15.5. The molecule has 0 radical (unpaired) electrons. The molecule has 4 nitrogen and oxygen atoms in total. The molecule has 1 atom stereocenters. The van der Waals surface area contributed by atoms with Crippen molar-refractivity contribution in [2.45, 2.75) is 32.5 Å². The summed E-state index contributed by atoms with van der Waals surface area (Å²) in [7, 11) is 0. The van der Waals surface area contributed by atoms with Gasteiger partial charge in [-0.25, -0.2) is 9.78 Å². The fourth-order valence-electron chi connectivity index (χ4n) is 2.07. The Balaban J connectivity index is 2.24. The molecule has 0 aromatic carbocycles. The highest BCUT2D eigenvalue weighted by atomic mass is 19.4. The number of nitrogens with zero attached hydrogens (tertiary/aromatic N) is 2. The molecule has 1 aromatic rings. The number of carbonyl (C=O) groups is 1. The second-order valence-corrected chi connectivity index (χ2v) is 4.17. The first-order valence-corrected chi connectivity index (χ1v) is 5.71. The zero-order chi connectivity index (χ0) is 13.3. The van der Waals surface area contributed by atoms with Crippen molar-refractivity contribution in [3.8, 4) is 0 Å². The molecule has 0 fully saturated rings. The van der Waals surface area contributed by atoms with Gasteiger partial charge in [-0.1, -0.05) is 0 Å². The Hall–Kier alpha value is -1.53. The standard InChI is InChI=1S/C11H13F3N2O2/c1-2-18-10(17)8-5-15-9-4-3-7(6-16(8)9)11(12,13)14/h5,7H,2-4,6H2,1H3. The van der Waals surface area contributed by atoms with Crippen LogP contribution >= 0.6 is 0 Å². The summed E-state index contributed by atoms with van der Waals surface area (Å²) in [6, 6.07) is 0. The molecule has 0 amide bonds. The number of fused-ring (bicyclic) bond motifs is 1. The van der Waals surface area contributed by atoms with Crippen molar-refractivity contribution in [2.24, 2.45) is 5.92 Å². The highest BCUT2D eigenvalue weighted by Crippen LogP contribution is 2.34. The van der Waals surface area contributed by atoms with E-state index < -0.39 is 18.1 Å². The van der Waals surface area contributed by atoms with E-state index in [9.17, 15) is 18.0 Å². The van der Waals surface area contributed by atoms with Gasteiger partial charge in [-0.2, -0.15) is 13.2 Å². The van der Waals surface area contributed by atoms with Gasteiger partial charge in [0.1, 0.15) is 11.5 Å². The smallest absolute Gasteiger partial charge is 0.393 e. The molecule has 1 aliphatic rings. The number of aryl methyl sites for hydroxylation is 1. The third-order valence-corrected chi connectivity index (χ3v) is 3.01. The molecule has 1 unspecified atom stereocenters. The summed E-state index contributed by atoms with van der Waals surface area (Å²) in [6.07, 6.45) is -2.72. The van der Waals surface area contributed by atoms with Crippen LogP contribution in [0.1, 0.15) is 29.7 Å². The Bertz CT molecular complexity index is 454. The average Bonchev–Trinajstić information content (AvgIpc) is 2.70. The van der Waals surface area contributed by atoms with Crippen molar-refractivity contribution in [3.05, 3.63) is 17.7 Å². The Labute approximate surface area is 102 Å². The number of imidazole rings is 1. The summed E-state index contributed by atoms with van der Waals surface area (Å²) in [5, 5.41) is 0. The number of hydrogen-bond acceptors (Lipinski definition) is 3. The summed E-state index contributed by atoms with van der Waals surface area (Å²) in [5.74, 6) is -1.54. The van der Waals surface area contributed by atoms with Gasteiger partial charge in [0, 0.05) is 13.0 Å². The maximum absolute atomic E-state index is 12.7. The van der Waals surface area contributed by atoms with E-state index in [1.54, 1.807) is 6.92 Å². The molecule has 7 heteroatoms. The number of halogens is 3. The van der Waals surface area contributed by atoms with E-state index in [1.807, 2.05) is 0 Å². The van der Waals surface area contributed by atoms with Gasteiger partial charge >= 0.3 is 12.1 Å². The summed E-state index contributed by atoms with van der Waals surface area (Å²) in [6.45, 7) is 1.57. The van der Waals surface area contributed by atoms with Gasteiger partial charge < -0.3 is 9.30 Å².